The van der Waals surface area contributed by atoms with Gasteiger partial charge in [-0.05, 0) is 31.0 Å². The van der Waals surface area contributed by atoms with E-state index < -0.39 is 10.0 Å². The van der Waals surface area contributed by atoms with Crippen LogP contribution >= 0.6 is 0 Å². The summed E-state index contributed by atoms with van der Waals surface area (Å²) in [6.07, 6.45) is 0.634. The summed E-state index contributed by atoms with van der Waals surface area (Å²) < 4.78 is 36.5. The van der Waals surface area contributed by atoms with Crippen LogP contribution in [-0.4, -0.2) is 41.9 Å². The molecule has 0 saturated heterocycles. The molecular formula is C13H21NO4S. The van der Waals surface area contributed by atoms with Crippen molar-refractivity contribution in [3.05, 3.63) is 29.8 Å². The van der Waals surface area contributed by atoms with Crippen LogP contribution in [0.3, 0.4) is 0 Å². The quantitative estimate of drug-likeness (QED) is 0.696. The summed E-state index contributed by atoms with van der Waals surface area (Å²) in [5, 5.41) is 0. The molecule has 0 bridgehead atoms. The third-order valence-electron chi connectivity index (χ3n) is 2.49. The molecule has 108 valence electrons. The summed E-state index contributed by atoms with van der Waals surface area (Å²) in [5.41, 5.74) is 0.922. The molecule has 0 aliphatic rings. The zero-order valence-electron chi connectivity index (χ0n) is 11.4. The molecule has 0 atom stereocenters. The molecule has 0 aromatic heterocycles. The minimum absolute atomic E-state index is 0.299. The van der Waals surface area contributed by atoms with Crippen molar-refractivity contribution < 1.29 is 17.9 Å². The Bertz CT molecular complexity index is 473. The summed E-state index contributed by atoms with van der Waals surface area (Å²) in [6, 6.07) is 6.84. The van der Waals surface area contributed by atoms with Gasteiger partial charge < -0.3 is 9.47 Å². The van der Waals surface area contributed by atoms with Gasteiger partial charge in [-0.1, -0.05) is 12.1 Å². The topological polar surface area (TPSA) is 64.6 Å². The van der Waals surface area contributed by atoms with E-state index in [0.29, 0.717) is 37.7 Å². The Morgan fingerprint density at radius 1 is 1.21 bits per heavy atom. The first-order valence-electron chi connectivity index (χ1n) is 6.19. The second-order valence-corrected chi connectivity index (χ2v) is 5.94. The lowest BCUT2D eigenvalue weighted by Crippen LogP contribution is -2.25. The molecule has 1 rings (SSSR count). The number of sulfonamides is 1. The Morgan fingerprint density at radius 3 is 2.68 bits per heavy atom. The molecule has 0 saturated carbocycles. The SMILES string of the molecule is COCCOCCCNS(=O)(=O)c1cccc(C)c1. The highest BCUT2D eigenvalue weighted by Crippen LogP contribution is 2.10. The van der Waals surface area contributed by atoms with E-state index in [1.54, 1.807) is 25.3 Å². The number of ether oxygens (including phenoxy) is 2. The average Bonchev–Trinajstić information content (AvgIpc) is 2.38. The molecule has 0 fully saturated rings. The van der Waals surface area contributed by atoms with Crippen molar-refractivity contribution in [1.82, 2.24) is 4.72 Å². The van der Waals surface area contributed by atoms with Gasteiger partial charge in [0, 0.05) is 20.3 Å². The molecule has 1 N–H and O–H groups in total. The van der Waals surface area contributed by atoms with Crippen LogP contribution in [0, 0.1) is 6.92 Å². The van der Waals surface area contributed by atoms with E-state index in [2.05, 4.69) is 4.72 Å². The highest BCUT2D eigenvalue weighted by Gasteiger charge is 2.12. The summed E-state index contributed by atoms with van der Waals surface area (Å²) in [6.45, 7) is 3.82. The first-order chi connectivity index (χ1) is 9.06. The smallest absolute Gasteiger partial charge is 0.240 e. The summed E-state index contributed by atoms with van der Waals surface area (Å²) in [4.78, 5) is 0.299. The maximum absolute atomic E-state index is 11.9. The molecule has 0 amide bonds. The van der Waals surface area contributed by atoms with Gasteiger partial charge in [-0.25, -0.2) is 13.1 Å². The summed E-state index contributed by atoms with van der Waals surface area (Å²) in [5.74, 6) is 0. The monoisotopic (exact) mass is 287 g/mol. The van der Waals surface area contributed by atoms with Crippen molar-refractivity contribution in [2.45, 2.75) is 18.2 Å². The molecule has 0 radical (unpaired) electrons. The van der Waals surface area contributed by atoms with Crippen LogP contribution in [0.2, 0.25) is 0 Å². The van der Waals surface area contributed by atoms with Crippen molar-refractivity contribution >= 4 is 10.0 Å². The minimum Gasteiger partial charge on any atom is -0.382 e. The standard InChI is InChI=1S/C13H21NO4S/c1-12-5-3-6-13(11-12)19(15,16)14-7-4-8-18-10-9-17-2/h3,5-6,11,14H,4,7-10H2,1-2H3. The Balaban J connectivity index is 2.32. The molecular weight excluding hydrogens is 266 g/mol. The van der Waals surface area contributed by atoms with Crippen LogP contribution in [0.5, 0.6) is 0 Å². The van der Waals surface area contributed by atoms with Gasteiger partial charge in [0.15, 0.2) is 0 Å². The number of methoxy groups -OCH3 is 1. The third kappa shape index (κ3) is 6.15. The summed E-state index contributed by atoms with van der Waals surface area (Å²) in [7, 11) is -1.80. The van der Waals surface area contributed by atoms with Crippen LogP contribution in [0.25, 0.3) is 0 Å². The van der Waals surface area contributed by atoms with E-state index in [9.17, 15) is 8.42 Å². The van der Waals surface area contributed by atoms with E-state index in [0.717, 1.165) is 5.56 Å². The van der Waals surface area contributed by atoms with Crippen LogP contribution in [-0.2, 0) is 19.5 Å². The average molecular weight is 287 g/mol. The lowest BCUT2D eigenvalue weighted by atomic mass is 10.2. The number of hydrogen-bond donors (Lipinski definition) is 1. The van der Waals surface area contributed by atoms with Gasteiger partial charge in [-0.2, -0.15) is 0 Å². The first kappa shape index (κ1) is 16.1. The van der Waals surface area contributed by atoms with Crippen molar-refractivity contribution in [3.8, 4) is 0 Å². The fourth-order valence-electron chi connectivity index (χ4n) is 1.49. The largest absolute Gasteiger partial charge is 0.382 e. The normalized spacial score (nSPS) is 11.7. The molecule has 19 heavy (non-hydrogen) atoms. The number of benzene rings is 1. The molecule has 1 aromatic rings. The molecule has 0 aliphatic carbocycles. The van der Waals surface area contributed by atoms with E-state index in [1.807, 2.05) is 13.0 Å². The highest BCUT2D eigenvalue weighted by atomic mass is 32.2. The predicted molar refractivity (Wildman–Crippen MR) is 73.7 cm³/mol. The van der Waals surface area contributed by atoms with Gasteiger partial charge in [0.05, 0.1) is 18.1 Å². The van der Waals surface area contributed by atoms with Crippen LogP contribution in [0.15, 0.2) is 29.2 Å². The Hall–Kier alpha value is -0.950. The zero-order chi connectivity index (χ0) is 14.1. The maximum atomic E-state index is 11.9. The number of aryl methyl sites for hydroxylation is 1. The van der Waals surface area contributed by atoms with E-state index in [1.165, 1.54) is 0 Å². The number of nitrogens with one attached hydrogen (secondary N) is 1. The lowest BCUT2D eigenvalue weighted by Gasteiger charge is -2.07. The van der Waals surface area contributed by atoms with Crippen LogP contribution in [0.4, 0.5) is 0 Å². The van der Waals surface area contributed by atoms with E-state index in [4.69, 9.17) is 9.47 Å². The van der Waals surface area contributed by atoms with Crippen LogP contribution < -0.4 is 4.72 Å². The highest BCUT2D eigenvalue weighted by molar-refractivity contribution is 7.89. The van der Waals surface area contributed by atoms with Gasteiger partial charge in [0.25, 0.3) is 0 Å². The van der Waals surface area contributed by atoms with E-state index >= 15 is 0 Å². The Morgan fingerprint density at radius 2 is 2.00 bits per heavy atom. The fourth-order valence-corrected chi connectivity index (χ4v) is 2.67. The fraction of sp³-hybridized carbons (Fsp3) is 0.538. The molecule has 0 aliphatic heterocycles. The molecule has 0 heterocycles. The molecule has 1 aromatic carbocycles. The number of rotatable bonds is 9. The number of hydrogen-bond acceptors (Lipinski definition) is 4. The predicted octanol–water partition coefficient (Wildman–Crippen LogP) is 1.33. The Labute approximate surface area is 115 Å². The van der Waals surface area contributed by atoms with Gasteiger partial charge in [-0.3, -0.25) is 0 Å². The minimum atomic E-state index is -3.41. The van der Waals surface area contributed by atoms with Gasteiger partial charge in [-0.15, -0.1) is 0 Å². The first-order valence-corrected chi connectivity index (χ1v) is 7.67. The maximum Gasteiger partial charge on any atom is 0.240 e. The molecule has 0 spiro atoms. The van der Waals surface area contributed by atoms with Gasteiger partial charge in [0.2, 0.25) is 10.0 Å². The van der Waals surface area contributed by atoms with Crippen molar-refractivity contribution in [2.75, 3.05) is 33.5 Å². The van der Waals surface area contributed by atoms with Crippen molar-refractivity contribution in [1.29, 1.82) is 0 Å². The molecule has 5 nitrogen and oxygen atoms in total. The van der Waals surface area contributed by atoms with Crippen molar-refractivity contribution in [3.63, 3.8) is 0 Å². The summed E-state index contributed by atoms with van der Waals surface area (Å²) >= 11 is 0. The molecule has 0 unspecified atom stereocenters. The second kappa shape index (κ2) is 8.27. The zero-order valence-corrected chi connectivity index (χ0v) is 12.2. The van der Waals surface area contributed by atoms with Gasteiger partial charge >= 0.3 is 0 Å². The van der Waals surface area contributed by atoms with Gasteiger partial charge in [0.1, 0.15) is 0 Å². The van der Waals surface area contributed by atoms with Crippen molar-refractivity contribution in [2.24, 2.45) is 0 Å². The Kier molecular flexibility index (Phi) is 7.01. The second-order valence-electron chi connectivity index (χ2n) is 4.17. The van der Waals surface area contributed by atoms with Crippen LogP contribution in [0.1, 0.15) is 12.0 Å². The van der Waals surface area contributed by atoms with E-state index in [-0.39, 0.29) is 0 Å². The third-order valence-corrected chi connectivity index (χ3v) is 3.95. The lowest BCUT2D eigenvalue weighted by molar-refractivity contribution is 0.0699. The molecule has 6 heteroatoms.